The lowest BCUT2D eigenvalue weighted by Gasteiger charge is -2.31. The molecule has 1 aromatic carbocycles. The molecule has 0 radical (unpaired) electrons. The van der Waals surface area contributed by atoms with Crippen LogP contribution in [0.15, 0.2) is 18.2 Å². The Balaban J connectivity index is 2.03. The number of hydrogen-bond donors (Lipinski definition) is 3. The Hall–Kier alpha value is -1.69. The number of anilines is 2. The van der Waals surface area contributed by atoms with E-state index in [1.54, 1.807) is 18.2 Å². The number of fused-ring (bicyclic) bond motifs is 1. The summed E-state index contributed by atoms with van der Waals surface area (Å²) in [5.41, 5.74) is 7.58. The van der Waals surface area contributed by atoms with Crippen molar-refractivity contribution >= 4 is 29.9 Å². The molecule has 1 fully saturated rings. The molecule has 6 heteroatoms. The number of amides is 2. The summed E-state index contributed by atoms with van der Waals surface area (Å²) in [5.74, 6) is 0. The highest BCUT2D eigenvalue weighted by molar-refractivity contribution is 6.69. The van der Waals surface area contributed by atoms with Gasteiger partial charge in [0.15, 0.2) is 0 Å². The highest BCUT2D eigenvalue weighted by Gasteiger charge is 2.44. The first-order valence-corrected chi connectivity index (χ1v) is 5.33. The van der Waals surface area contributed by atoms with Gasteiger partial charge >= 0.3 is 13.1 Å². The van der Waals surface area contributed by atoms with Gasteiger partial charge in [-0.3, -0.25) is 0 Å². The van der Waals surface area contributed by atoms with Gasteiger partial charge < -0.3 is 20.9 Å². The summed E-state index contributed by atoms with van der Waals surface area (Å²) in [6, 6.07) is 5.07. The molecular formula is C10H12BN3O2. The minimum atomic E-state index is -0.875. The second-order valence-corrected chi connectivity index (χ2v) is 4.29. The van der Waals surface area contributed by atoms with Crippen LogP contribution >= 0.6 is 0 Å². The van der Waals surface area contributed by atoms with Crippen molar-refractivity contribution in [1.82, 2.24) is 4.81 Å². The maximum absolute atomic E-state index is 11.8. The van der Waals surface area contributed by atoms with E-state index in [1.807, 2.05) is 0 Å². The summed E-state index contributed by atoms with van der Waals surface area (Å²) in [6.07, 6.45) is 1.92. The topological polar surface area (TPSA) is 78.6 Å². The lowest BCUT2D eigenvalue weighted by Crippen LogP contribution is -2.58. The van der Waals surface area contributed by atoms with E-state index >= 15 is 0 Å². The Morgan fingerprint density at radius 3 is 2.94 bits per heavy atom. The fourth-order valence-electron chi connectivity index (χ4n) is 2.07. The second-order valence-electron chi connectivity index (χ2n) is 4.29. The number of nitrogen functional groups attached to an aromatic ring is 1. The van der Waals surface area contributed by atoms with Crippen molar-refractivity contribution in [2.24, 2.45) is 0 Å². The van der Waals surface area contributed by atoms with Crippen molar-refractivity contribution in [3.8, 4) is 0 Å². The molecule has 1 heterocycles. The third kappa shape index (κ3) is 1.34. The third-order valence-electron chi connectivity index (χ3n) is 3.03. The van der Waals surface area contributed by atoms with Gasteiger partial charge in [0.2, 0.25) is 0 Å². The first-order valence-electron chi connectivity index (χ1n) is 5.33. The van der Waals surface area contributed by atoms with Crippen LogP contribution in [0.5, 0.6) is 0 Å². The molecule has 0 unspecified atom stereocenters. The third-order valence-corrected chi connectivity index (χ3v) is 3.03. The normalized spacial score (nSPS) is 19.4. The monoisotopic (exact) mass is 217 g/mol. The van der Waals surface area contributed by atoms with Crippen LogP contribution in [0.3, 0.4) is 0 Å². The summed E-state index contributed by atoms with van der Waals surface area (Å²) in [5, 5.41) is 12.9. The fraction of sp³-hybridized carbons (Fsp3) is 0.300. The van der Waals surface area contributed by atoms with E-state index in [0.29, 0.717) is 16.8 Å². The molecule has 0 saturated heterocycles. The molecule has 16 heavy (non-hydrogen) atoms. The molecule has 1 saturated carbocycles. The molecule has 0 spiro atoms. The summed E-state index contributed by atoms with van der Waals surface area (Å²) in [6.45, 7) is 0. The molecule has 1 aliphatic heterocycles. The number of urea groups is 1. The van der Waals surface area contributed by atoms with E-state index in [4.69, 9.17) is 5.73 Å². The van der Waals surface area contributed by atoms with Gasteiger partial charge in [0.1, 0.15) is 0 Å². The van der Waals surface area contributed by atoms with Gasteiger partial charge in [-0.1, -0.05) is 0 Å². The van der Waals surface area contributed by atoms with Gasteiger partial charge in [-0.2, -0.15) is 0 Å². The Kier molecular flexibility index (Phi) is 1.88. The van der Waals surface area contributed by atoms with Crippen molar-refractivity contribution < 1.29 is 9.82 Å². The zero-order valence-electron chi connectivity index (χ0n) is 8.68. The number of nitrogens with one attached hydrogen (secondary N) is 1. The summed E-state index contributed by atoms with van der Waals surface area (Å²) in [4.78, 5) is 13.2. The van der Waals surface area contributed by atoms with Crippen LogP contribution in [0.4, 0.5) is 16.2 Å². The van der Waals surface area contributed by atoms with Crippen molar-refractivity contribution in [2.75, 3.05) is 11.1 Å². The van der Waals surface area contributed by atoms with Crippen LogP contribution in [-0.4, -0.2) is 29.0 Å². The van der Waals surface area contributed by atoms with Gasteiger partial charge in [-0.15, -0.1) is 0 Å². The van der Waals surface area contributed by atoms with Crippen molar-refractivity contribution in [1.29, 1.82) is 0 Å². The van der Waals surface area contributed by atoms with Gasteiger partial charge in [-0.25, -0.2) is 4.79 Å². The minimum Gasteiger partial charge on any atom is -0.428 e. The number of rotatable bonds is 1. The zero-order valence-corrected chi connectivity index (χ0v) is 8.68. The zero-order chi connectivity index (χ0) is 11.3. The smallest absolute Gasteiger partial charge is 0.428 e. The molecule has 1 aromatic rings. The van der Waals surface area contributed by atoms with E-state index in [-0.39, 0.29) is 12.1 Å². The van der Waals surface area contributed by atoms with Crippen LogP contribution in [0.1, 0.15) is 12.8 Å². The molecule has 2 amide bonds. The summed E-state index contributed by atoms with van der Waals surface area (Å²) in [7, 11) is -0.875. The molecule has 0 atom stereocenters. The number of carbonyl (C=O) groups excluding carboxylic acids is 1. The first-order chi connectivity index (χ1) is 7.66. The lowest BCUT2D eigenvalue weighted by molar-refractivity contribution is 0.229. The van der Waals surface area contributed by atoms with E-state index in [1.165, 1.54) is 4.81 Å². The van der Waals surface area contributed by atoms with E-state index in [9.17, 15) is 9.82 Å². The number of nitrogens with two attached hydrogens (primary N) is 1. The summed E-state index contributed by atoms with van der Waals surface area (Å²) < 4.78 is 0. The molecule has 0 aromatic heterocycles. The first kappa shape index (κ1) is 9.53. The Bertz CT molecular complexity index is 461. The van der Waals surface area contributed by atoms with E-state index in [0.717, 1.165) is 12.8 Å². The van der Waals surface area contributed by atoms with Gasteiger partial charge in [0.05, 0.1) is 0 Å². The standard InChI is InChI=1S/C10H12BN3O2/c12-6-1-4-9-8(5-6)11(16)14(7-2-3-7)10(15)13-9/h1,4-5,7,16H,2-3,12H2,(H,13,15). The average Bonchev–Trinajstić information content (AvgIpc) is 3.04. The van der Waals surface area contributed by atoms with Crippen LogP contribution in [-0.2, 0) is 0 Å². The molecule has 3 rings (SSSR count). The molecular weight excluding hydrogens is 205 g/mol. The Labute approximate surface area is 93.4 Å². The fourth-order valence-corrected chi connectivity index (χ4v) is 2.07. The number of hydrogen-bond acceptors (Lipinski definition) is 3. The molecule has 4 N–H and O–H groups in total. The number of carbonyl (C=O) groups is 1. The number of benzene rings is 1. The maximum atomic E-state index is 11.8. The average molecular weight is 217 g/mol. The predicted octanol–water partition coefficient (Wildman–Crippen LogP) is -0.0338. The SMILES string of the molecule is Nc1ccc2c(c1)B(O)N(C1CC1)C(=O)N2. The van der Waals surface area contributed by atoms with E-state index in [2.05, 4.69) is 5.32 Å². The Morgan fingerprint density at radius 1 is 1.50 bits per heavy atom. The minimum absolute atomic E-state index is 0.171. The van der Waals surface area contributed by atoms with Crippen LogP contribution in [0.25, 0.3) is 0 Å². The predicted molar refractivity (Wildman–Crippen MR) is 62.3 cm³/mol. The van der Waals surface area contributed by atoms with Crippen molar-refractivity contribution in [3.63, 3.8) is 0 Å². The molecule has 5 nitrogen and oxygen atoms in total. The molecule has 82 valence electrons. The van der Waals surface area contributed by atoms with E-state index < -0.39 is 7.05 Å². The van der Waals surface area contributed by atoms with Crippen molar-refractivity contribution in [2.45, 2.75) is 18.9 Å². The largest absolute Gasteiger partial charge is 0.455 e. The summed E-state index contributed by atoms with van der Waals surface area (Å²) >= 11 is 0. The van der Waals surface area contributed by atoms with Crippen LogP contribution < -0.4 is 16.5 Å². The van der Waals surface area contributed by atoms with Gasteiger partial charge in [-0.05, 0) is 31.0 Å². The van der Waals surface area contributed by atoms with Crippen LogP contribution in [0, 0.1) is 0 Å². The molecule has 0 bridgehead atoms. The Morgan fingerprint density at radius 2 is 2.25 bits per heavy atom. The van der Waals surface area contributed by atoms with Crippen LogP contribution in [0.2, 0.25) is 0 Å². The quantitative estimate of drug-likeness (QED) is 0.456. The lowest BCUT2D eigenvalue weighted by atomic mass is 9.69. The number of nitrogens with zero attached hydrogens (tertiary/aromatic N) is 1. The van der Waals surface area contributed by atoms with Gasteiger partial charge in [0.25, 0.3) is 0 Å². The molecule has 2 aliphatic rings. The maximum Gasteiger partial charge on any atom is 0.455 e. The highest BCUT2D eigenvalue weighted by atomic mass is 16.2. The van der Waals surface area contributed by atoms with Crippen molar-refractivity contribution in [3.05, 3.63) is 18.2 Å². The molecule has 1 aliphatic carbocycles. The van der Waals surface area contributed by atoms with Gasteiger partial charge in [0, 0.05) is 22.9 Å². The second kappa shape index (κ2) is 3.15. The highest BCUT2D eigenvalue weighted by Crippen LogP contribution is 2.30.